The fraction of sp³-hybridized carbons (Fsp3) is 0.391. The van der Waals surface area contributed by atoms with E-state index in [1.807, 2.05) is 0 Å². The molecule has 0 bridgehead atoms. The molecule has 1 saturated heterocycles. The number of methoxy groups -OCH3 is 1. The molecule has 0 aliphatic carbocycles. The minimum Gasteiger partial charge on any atom is -0.497 e. The van der Waals surface area contributed by atoms with Gasteiger partial charge in [0.1, 0.15) is 5.75 Å². The molecule has 3 rings (SSSR count). The van der Waals surface area contributed by atoms with Crippen molar-refractivity contribution in [3.05, 3.63) is 59.7 Å². The highest BCUT2D eigenvalue weighted by Crippen LogP contribution is 2.20. The van der Waals surface area contributed by atoms with Crippen LogP contribution < -0.4 is 9.46 Å². The normalized spacial score (nSPS) is 16.4. The lowest BCUT2D eigenvalue weighted by atomic mass is 9.97. The Labute approximate surface area is 188 Å². The Morgan fingerprint density at radius 3 is 2.41 bits per heavy atom. The predicted octanol–water partition coefficient (Wildman–Crippen LogP) is 2.59. The van der Waals surface area contributed by atoms with E-state index >= 15 is 0 Å². The zero-order valence-corrected chi connectivity index (χ0v) is 19.1. The highest BCUT2D eigenvalue weighted by Gasteiger charge is 2.29. The van der Waals surface area contributed by atoms with Crippen LogP contribution >= 0.6 is 0 Å². The highest BCUT2D eigenvalue weighted by atomic mass is 32.2. The third kappa shape index (κ3) is 5.86. The van der Waals surface area contributed by atoms with Gasteiger partial charge in [0, 0.05) is 25.2 Å². The van der Waals surface area contributed by atoms with Crippen LogP contribution in [-0.4, -0.2) is 52.0 Å². The van der Waals surface area contributed by atoms with Crippen LogP contribution in [0.15, 0.2) is 53.4 Å². The van der Waals surface area contributed by atoms with E-state index in [-0.39, 0.29) is 29.2 Å². The van der Waals surface area contributed by atoms with Gasteiger partial charge in [-0.1, -0.05) is 12.1 Å². The maximum absolute atomic E-state index is 12.8. The number of carbonyl (C=O) groups is 2. The van der Waals surface area contributed by atoms with Crippen molar-refractivity contribution >= 4 is 21.9 Å². The van der Waals surface area contributed by atoms with Crippen LogP contribution in [0.2, 0.25) is 0 Å². The monoisotopic (exact) mass is 460 g/mol. The highest BCUT2D eigenvalue weighted by molar-refractivity contribution is 7.89. The van der Waals surface area contributed by atoms with Crippen molar-refractivity contribution in [1.29, 1.82) is 0 Å². The molecule has 1 amide bonds. The quantitative estimate of drug-likeness (QED) is 0.608. The van der Waals surface area contributed by atoms with Crippen LogP contribution in [0.1, 0.15) is 35.7 Å². The SMILES string of the molecule is CCOC(=O)C1CCCN(C(=O)c2ccc(CNS(=O)(=O)c3ccc(OC)cc3)cc2)C1. The smallest absolute Gasteiger partial charge is 0.310 e. The van der Waals surface area contributed by atoms with E-state index < -0.39 is 10.0 Å². The van der Waals surface area contributed by atoms with Gasteiger partial charge in [-0.25, -0.2) is 13.1 Å². The summed E-state index contributed by atoms with van der Waals surface area (Å²) in [5.41, 5.74) is 1.22. The number of carbonyl (C=O) groups excluding carboxylic acids is 2. The average molecular weight is 461 g/mol. The molecular weight excluding hydrogens is 432 g/mol. The molecule has 2 aromatic carbocycles. The molecule has 0 aromatic heterocycles. The first-order chi connectivity index (χ1) is 15.3. The average Bonchev–Trinajstić information content (AvgIpc) is 2.83. The standard InChI is InChI=1S/C23H28N2O6S/c1-3-31-23(27)19-5-4-14-25(16-19)22(26)18-8-6-17(7-9-18)15-24-32(28,29)21-12-10-20(30-2)11-13-21/h6-13,19,24H,3-5,14-16H2,1-2H3. The number of benzene rings is 2. The lowest BCUT2D eigenvalue weighted by Gasteiger charge is -2.31. The number of piperidine rings is 1. The van der Waals surface area contributed by atoms with E-state index in [0.29, 0.717) is 31.0 Å². The van der Waals surface area contributed by atoms with Gasteiger partial charge in [0.2, 0.25) is 10.0 Å². The number of amides is 1. The molecule has 1 aliphatic rings. The Balaban J connectivity index is 1.59. The number of sulfonamides is 1. The lowest BCUT2D eigenvalue weighted by Crippen LogP contribution is -2.42. The molecule has 1 heterocycles. The second-order valence-corrected chi connectivity index (χ2v) is 9.31. The minimum absolute atomic E-state index is 0.0947. The number of hydrogen-bond donors (Lipinski definition) is 1. The summed E-state index contributed by atoms with van der Waals surface area (Å²) in [5.74, 6) is -0.125. The minimum atomic E-state index is -3.67. The molecule has 0 spiro atoms. The number of rotatable bonds is 8. The fourth-order valence-corrected chi connectivity index (χ4v) is 4.60. The van der Waals surface area contributed by atoms with Gasteiger partial charge in [-0.05, 0) is 61.7 Å². The summed E-state index contributed by atoms with van der Waals surface area (Å²) in [7, 11) is -2.16. The van der Waals surface area contributed by atoms with Gasteiger partial charge in [0.15, 0.2) is 0 Å². The van der Waals surface area contributed by atoms with Crippen LogP contribution in [0.5, 0.6) is 5.75 Å². The Kier molecular flexibility index (Phi) is 7.87. The largest absolute Gasteiger partial charge is 0.497 e. The molecule has 32 heavy (non-hydrogen) atoms. The van der Waals surface area contributed by atoms with E-state index in [9.17, 15) is 18.0 Å². The topological polar surface area (TPSA) is 102 Å². The van der Waals surface area contributed by atoms with E-state index in [2.05, 4.69) is 4.72 Å². The van der Waals surface area contributed by atoms with Crippen molar-refractivity contribution in [2.45, 2.75) is 31.2 Å². The lowest BCUT2D eigenvalue weighted by molar-refractivity contribution is -0.149. The Morgan fingerprint density at radius 1 is 1.09 bits per heavy atom. The van der Waals surface area contributed by atoms with Gasteiger partial charge < -0.3 is 14.4 Å². The summed E-state index contributed by atoms with van der Waals surface area (Å²) >= 11 is 0. The summed E-state index contributed by atoms with van der Waals surface area (Å²) in [6.07, 6.45) is 1.47. The van der Waals surface area contributed by atoms with Crippen molar-refractivity contribution in [1.82, 2.24) is 9.62 Å². The molecule has 8 nitrogen and oxygen atoms in total. The van der Waals surface area contributed by atoms with Gasteiger partial charge in [-0.2, -0.15) is 0 Å². The first-order valence-electron chi connectivity index (χ1n) is 10.5. The zero-order chi connectivity index (χ0) is 23.1. The fourth-order valence-electron chi connectivity index (χ4n) is 3.58. The number of likely N-dealkylation sites (tertiary alicyclic amines) is 1. The molecule has 0 radical (unpaired) electrons. The maximum Gasteiger partial charge on any atom is 0.310 e. The molecule has 2 aromatic rings. The zero-order valence-electron chi connectivity index (χ0n) is 18.2. The number of nitrogens with zero attached hydrogens (tertiary/aromatic N) is 1. The van der Waals surface area contributed by atoms with Gasteiger partial charge in [-0.3, -0.25) is 9.59 Å². The number of ether oxygens (including phenoxy) is 2. The second-order valence-electron chi connectivity index (χ2n) is 7.54. The van der Waals surface area contributed by atoms with Crippen LogP contribution in [0.4, 0.5) is 0 Å². The van der Waals surface area contributed by atoms with E-state index in [0.717, 1.165) is 18.4 Å². The van der Waals surface area contributed by atoms with Crippen LogP contribution in [0.3, 0.4) is 0 Å². The van der Waals surface area contributed by atoms with Crippen molar-refractivity contribution in [2.24, 2.45) is 5.92 Å². The first-order valence-corrected chi connectivity index (χ1v) is 12.0. The Morgan fingerprint density at radius 2 is 1.78 bits per heavy atom. The molecular formula is C23H28N2O6S. The van der Waals surface area contributed by atoms with Crippen molar-refractivity contribution in [3.8, 4) is 5.75 Å². The van der Waals surface area contributed by atoms with E-state index in [1.54, 1.807) is 48.2 Å². The molecule has 1 aliphatic heterocycles. The number of nitrogens with one attached hydrogen (secondary N) is 1. The van der Waals surface area contributed by atoms with Crippen LogP contribution in [0, 0.1) is 5.92 Å². The second kappa shape index (κ2) is 10.6. The van der Waals surface area contributed by atoms with Crippen LogP contribution in [0.25, 0.3) is 0 Å². The summed E-state index contributed by atoms with van der Waals surface area (Å²) in [5, 5.41) is 0. The summed E-state index contributed by atoms with van der Waals surface area (Å²) in [4.78, 5) is 26.7. The summed E-state index contributed by atoms with van der Waals surface area (Å²) in [6.45, 7) is 3.13. The third-order valence-corrected chi connectivity index (χ3v) is 6.78. The van der Waals surface area contributed by atoms with Gasteiger partial charge >= 0.3 is 5.97 Å². The molecule has 1 atom stereocenters. The number of hydrogen-bond acceptors (Lipinski definition) is 6. The van der Waals surface area contributed by atoms with E-state index in [4.69, 9.17) is 9.47 Å². The van der Waals surface area contributed by atoms with Crippen molar-refractivity contribution in [2.75, 3.05) is 26.8 Å². The molecule has 0 saturated carbocycles. The Hall–Kier alpha value is -2.91. The summed E-state index contributed by atoms with van der Waals surface area (Å²) in [6, 6.07) is 12.9. The van der Waals surface area contributed by atoms with Gasteiger partial charge in [0.05, 0.1) is 24.5 Å². The number of esters is 1. The van der Waals surface area contributed by atoms with Gasteiger partial charge in [-0.15, -0.1) is 0 Å². The first kappa shape index (κ1) is 23.7. The van der Waals surface area contributed by atoms with E-state index in [1.165, 1.54) is 19.2 Å². The molecule has 172 valence electrons. The molecule has 1 N–H and O–H groups in total. The van der Waals surface area contributed by atoms with Crippen molar-refractivity contribution in [3.63, 3.8) is 0 Å². The molecule has 1 fully saturated rings. The van der Waals surface area contributed by atoms with Crippen LogP contribution in [-0.2, 0) is 26.1 Å². The summed E-state index contributed by atoms with van der Waals surface area (Å²) < 4.78 is 37.6. The van der Waals surface area contributed by atoms with Gasteiger partial charge in [0.25, 0.3) is 5.91 Å². The predicted molar refractivity (Wildman–Crippen MR) is 119 cm³/mol. The third-order valence-electron chi connectivity index (χ3n) is 5.37. The van der Waals surface area contributed by atoms with Crippen molar-refractivity contribution < 1.29 is 27.5 Å². The molecule has 9 heteroatoms. The molecule has 1 unspecified atom stereocenters. The maximum atomic E-state index is 12.8. The Bertz CT molecular complexity index is 1040.